The van der Waals surface area contributed by atoms with Gasteiger partial charge in [0.1, 0.15) is 5.75 Å². The number of hydrogen-bond donors (Lipinski definition) is 2. The van der Waals surface area contributed by atoms with Gasteiger partial charge in [0, 0.05) is 36.0 Å². The maximum absolute atomic E-state index is 12.6. The topological polar surface area (TPSA) is 54.1 Å². The summed E-state index contributed by atoms with van der Waals surface area (Å²) in [5.74, 6) is 0.868. The van der Waals surface area contributed by atoms with E-state index in [1.807, 2.05) is 36.5 Å². The smallest absolute Gasteiger partial charge is 0.220 e. The first kappa shape index (κ1) is 19.0. The summed E-state index contributed by atoms with van der Waals surface area (Å²) in [6, 6.07) is 16.2. The zero-order valence-corrected chi connectivity index (χ0v) is 16.1. The molecule has 1 unspecified atom stereocenters. The lowest BCUT2D eigenvalue weighted by atomic mass is 9.88. The number of H-pyrrole nitrogens is 1. The number of benzene rings is 2. The molecule has 0 aliphatic rings. The van der Waals surface area contributed by atoms with E-state index >= 15 is 0 Å². The molecule has 1 amide bonds. The summed E-state index contributed by atoms with van der Waals surface area (Å²) in [4.78, 5) is 16.0. The van der Waals surface area contributed by atoms with E-state index in [2.05, 4.69) is 35.4 Å². The number of carbonyl (C=O) groups is 1. The highest BCUT2D eigenvalue weighted by atomic mass is 16.5. The van der Waals surface area contributed by atoms with Crippen molar-refractivity contribution in [3.05, 3.63) is 65.9 Å². The third kappa shape index (κ3) is 4.70. The van der Waals surface area contributed by atoms with Crippen LogP contribution in [0.15, 0.2) is 54.7 Å². The normalized spacial score (nSPS) is 12.1. The molecule has 0 radical (unpaired) electrons. The van der Waals surface area contributed by atoms with Gasteiger partial charge in [-0.2, -0.15) is 0 Å². The van der Waals surface area contributed by atoms with E-state index in [4.69, 9.17) is 4.74 Å². The van der Waals surface area contributed by atoms with Crippen molar-refractivity contribution in [2.75, 3.05) is 13.7 Å². The van der Waals surface area contributed by atoms with E-state index in [1.54, 1.807) is 7.11 Å². The first-order chi connectivity index (χ1) is 13.2. The molecular weight excluding hydrogens is 336 g/mol. The summed E-state index contributed by atoms with van der Waals surface area (Å²) in [7, 11) is 1.67. The van der Waals surface area contributed by atoms with Crippen LogP contribution in [0, 0.1) is 0 Å². The van der Waals surface area contributed by atoms with Crippen molar-refractivity contribution in [1.82, 2.24) is 10.3 Å². The molecule has 2 aromatic carbocycles. The molecule has 3 rings (SSSR count). The zero-order valence-electron chi connectivity index (χ0n) is 16.1. The molecule has 0 spiro atoms. The first-order valence-corrected chi connectivity index (χ1v) is 9.69. The Morgan fingerprint density at radius 3 is 2.81 bits per heavy atom. The van der Waals surface area contributed by atoms with Crippen LogP contribution in [-0.4, -0.2) is 24.5 Å². The van der Waals surface area contributed by atoms with E-state index < -0.39 is 0 Å². The molecule has 142 valence electrons. The van der Waals surface area contributed by atoms with Gasteiger partial charge in [0.15, 0.2) is 0 Å². The number of para-hydroxylation sites is 1. The van der Waals surface area contributed by atoms with E-state index in [9.17, 15) is 4.79 Å². The van der Waals surface area contributed by atoms with Crippen molar-refractivity contribution in [2.45, 2.75) is 38.5 Å². The zero-order chi connectivity index (χ0) is 19.1. The Bertz CT molecular complexity index is 885. The maximum Gasteiger partial charge on any atom is 0.220 e. The van der Waals surface area contributed by atoms with Gasteiger partial charge in [0.05, 0.1) is 7.11 Å². The predicted molar refractivity (Wildman–Crippen MR) is 110 cm³/mol. The number of fused-ring (bicyclic) bond motifs is 1. The highest BCUT2D eigenvalue weighted by Gasteiger charge is 2.21. The van der Waals surface area contributed by atoms with Crippen LogP contribution >= 0.6 is 0 Å². The Balaban J connectivity index is 1.88. The SMILES string of the molecule is CCCCCNC(=O)CC(c1cccc(OC)c1)c1c[nH]c2ccccc12. The monoisotopic (exact) mass is 364 g/mol. The fourth-order valence-electron chi connectivity index (χ4n) is 3.51. The van der Waals surface area contributed by atoms with Gasteiger partial charge in [0.25, 0.3) is 0 Å². The van der Waals surface area contributed by atoms with Crippen molar-refractivity contribution in [3.63, 3.8) is 0 Å². The van der Waals surface area contributed by atoms with Crippen molar-refractivity contribution < 1.29 is 9.53 Å². The molecule has 0 fully saturated rings. The molecule has 0 aliphatic heterocycles. The molecule has 0 bridgehead atoms. The number of methoxy groups -OCH3 is 1. The fraction of sp³-hybridized carbons (Fsp3) is 0.348. The third-order valence-corrected chi connectivity index (χ3v) is 4.98. The second kappa shape index (κ2) is 9.26. The summed E-state index contributed by atoms with van der Waals surface area (Å²) >= 11 is 0. The van der Waals surface area contributed by atoms with Gasteiger partial charge in [-0.05, 0) is 35.7 Å². The highest BCUT2D eigenvalue weighted by molar-refractivity contribution is 5.86. The highest BCUT2D eigenvalue weighted by Crippen LogP contribution is 2.34. The fourth-order valence-corrected chi connectivity index (χ4v) is 3.51. The number of aromatic amines is 1. The largest absolute Gasteiger partial charge is 0.497 e. The van der Waals surface area contributed by atoms with Crippen molar-refractivity contribution in [2.24, 2.45) is 0 Å². The number of hydrogen-bond acceptors (Lipinski definition) is 2. The molecule has 0 aliphatic carbocycles. The summed E-state index contributed by atoms with van der Waals surface area (Å²) in [6.45, 7) is 2.91. The van der Waals surface area contributed by atoms with Gasteiger partial charge >= 0.3 is 0 Å². The summed E-state index contributed by atoms with van der Waals surface area (Å²) in [6.07, 6.45) is 5.76. The lowest BCUT2D eigenvalue weighted by Gasteiger charge is -2.18. The Kier molecular flexibility index (Phi) is 6.53. The van der Waals surface area contributed by atoms with Gasteiger partial charge in [0.2, 0.25) is 5.91 Å². The number of rotatable bonds is 9. The minimum Gasteiger partial charge on any atom is -0.497 e. The predicted octanol–water partition coefficient (Wildman–Crippen LogP) is 5.00. The summed E-state index contributed by atoms with van der Waals surface area (Å²) < 4.78 is 5.40. The van der Waals surface area contributed by atoms with Crippen LogP contribution in [0.2, 0.25) is 0 Å². The van der Waals surface area contributed by atoms with Crippen LogP contribution in [-0.2, 0) is 4.79 Å². The van der Waals surface area contributed by atoms with Crippen LogP contribution in [0.4, 0.5) is 0 Å². The van der Waals surface area contributed by atoms with Crippen molar-refractivity contribution in [1.29, 1.82) is 0 Å². The Hall–Kier alpha value is -2.75. The molecule has 4 nitrogen and oxygen atoms in total. The molecule has 1 atom stereocenters. The first-order valence-electron chi connectivity index (χ1n) is 9.69. The Morgan fingerprint density at radius 2 is 2.00 bits per heavy atom. The van der Waals surface area contributed by atoms with Crippen molar-refractivity contribution >= 4 is 16.8 Å². The van der Waals surface area contributed by atoms with Gasteiger partial charge < -0.3 is 15.0 Å². The second-order valence-electron chi connectivity index (χ2n) is 6.88. The van der Waals surface area contributed by atoms with Gasteiger partial charge in [-0.1, -0.05) is 50.1 Å². The van der Waals surface area contributed by atoms with E-state index in [1.165, 1.54) is 0 Å². The second-order valence-corrected chi connectivity index (χ2v) is 6.88. The molecule has 2 N–H and O–H groups in total. The molecule has 3 aromatic rings. The maximum atomic E-state index is 12.6. The summed E-state index contributed by atoms with van der Waals surface area (Å²) in [5, 5.41) is 4.23. The van der Waals surface area contributed by atoms with Crippen molar-refractivity contribution in [3.8, 4) is 5.75 Å². The molecule has 4 heteroatoms. The van der Waals surface area contributed by atoms with E-state index in [0.29, 0.717) is 6.42 Å². The third-order valence-electron chi connectivity index (χ3n) is 4.98. The lowest BCUT2D eigenvalue weighted by Crippen LogP contribution is -2.26. The quantitative estimate of drug-likeness (QED) is 0.525. The van der Waals surface area contributed by atoms with E-state index in [0.717, 1.165) is 53.6 Å². The minimum atomic E-state index is -0.0255. The average molecular weight is 364 g/mol. The lowest BCUT2D eigenvalue weighted by molar-refractivity contribution is -0.121. The minimum absolute atomic E-state index is 0.0255. The number of amides is 1. The van der Waals surface area contributed by atoms with Crippen LogP contribution in [0.1, 0.15) is 49.7 Å². The van der Waals surface area contributed by atoms with Gasteiger partial charge in [-0.15, -0.1) is 0 Å². The number of ether oxygens (including phenoxy) is 1. The van der Waals surface area contributed by atoms with Gasteiger partial charge in [-0.25, -0.2) is 0 Å². The molecule has 1 heterocycles. The van der Waals surface area contributed by atoms with Crippen LogP contribution in [0.25, 0.3) is 10.9 Å². The summed E-state index contributed by atoms with van der Waals surface area (Å²) in [5.41, 5.74) is 3.31. The number of aromatic nitrogens is 1. The van der Waals surface area contributed by atoms with Crippen LogP contribution in [0.3, 0.4) is 0 Å². The molecule has 1 aromatic heterocycles. The molecule has 27 heavy (non-hydrogen) atoms. The standard InChI is InChI=1S/C23H28N2O2/c1-3-4-7-13-24-23(26)15-20(17-9-8-10-18(14-17)27-2)21-16-25-22-12-6-5-11-19(21)22/h5-6,8-12,14,16,20,25H,3-4,7,13,15H2,1-2H3,(H,24,26). The van der Waals surface area contributed by atoms with Crippen LogP contribution in [0.5, 0.6) is 5.75 Å². The average Bonchev–Trinajstić information content (AvgIpc) is 3.13. The number of unbranched alkanes of at least 4 members (excludes halogenated alkanes) is 2. The Morgan fingerprint density at radius 1 is 1.15 bits per heavy atom. The number of nitrogens with one attached hydrogen (secondary N) is 2. The van der Waals surface area contributed by atoms with Gasteiger partial charge in [-0.3, -0.25) is 4.79 Å². The molecular formula is C23H28N2O2. The van der Waals surface area contributed by atoms with Crippen LogP contribution < -0.4 is 10.1 Å². The molecule has 0 saturated carbocycles. The number of carbonyl (C=O) groups excluding carboxylic acids is 1. The van der Waals surface area contributed by atoms with E-state index in [-0.39, 0.29) is 11.8 Å². The molecule has 0 saturated heterocycles. The Labute approximate surface area is 160 Å².